The summed E-state index contributed by atoms with van der Waals surface area (Å²) in [5.74, 6) is -2.73. The Hall–Kier alpha value is -3.85. The third-order valence-corrected chi connectivity index (χ3v) is 7.13. The van der Waals surface area contributed by atoms with Crippen LogP contribution in [0.2, 0.25) is 0 Å². The van der Waals surface area contributed by atoms with Crippen LogP contribution in [0.15, 0.2) is 35.4 Å². The Labute approximate surface area is 233 Å². The maximum absolute atomic E-state index is 12.3. The second-order valence-corrected chi connectivity index (χ2v) is 9.60. The molecular weight excluding hydrogens is 549 g/mol. The van der Waals surface area contributed by atoms with Crippen LogP contribution in [0.4, 0.5) is 19.0 Å². The second-order valence-electron chi connectivity index (χ2n) is 8.51. The number of nitriles is 2. The predicted molar refractivity (Wildman–Crippen MR) is 141 cm³/mol. The zero-order chi connectivity index (χ0) is 29.9. The number of carbonyl (C=O) groups is 2. The highest BCUT2D eigenvalue weighted by molar-refractivity contribution is 8.00. The number of aliphatic carboxylic acids is 1. The summed E-state index contributed by atoms with van der Waals surface area (Å²) in [6, 6.07) is 13.7. The van der Waals surface area contributed by atoms with Gasteiger partial charge in [0.25, 0.3) is 0 Å². The number of pyridine rings is 1. The monoisotopic (exact) mass is 578 g/mol. The Kier molecular flexibility index (Phi) is 12.2. The van der Waals surface area contributed by atoms with Crippen molar-refractivity contribution in [3.63, 3.8) is 0 Å². The average Bonchev–Trinajstić information content (AvgIpc) is 2.94. The first-order valence-corrected chi connectivity index (χ1v) is 13.1. The molecule has 0 bridgehead atoms. The van der Waals surface area contributed by atoms with Crippen molar-refractivity contribution < 1.29 is 32.6 Å². The summed E-state index contributed by atoms with van der Waals surface area (Å²) in [7, 11) is 0. The number of rotatable bonds is 9. The molecule has 0 spiro atoms. The van der Waals surface area contributed by atoms with E-state index < -0.39 is 23.3 Å². The normalized spacial score (nSPS) is 14.3. The Balaban J connectivity index is 0.000000708. The van der Waals surface area contributed by atoms with Crippen LogP contribution < -0.4 is 16.4 Å². The Bertz CT molecular complexity index is 1260. The van der Waals surface area contributed by atoms with Crippen LogP contribution in [0.1, 0.15) is 47.3 Å². The topological polar surface area (TPSA) is 179 Å². The molecule has 5 N–H and O–H groups in total. The van der Waals surface area contributed by atoms with E-state index in [-0.39, 0.29) is 6.10 Å². The van der Waals surface area contributed by atoms with Gasteiger partial charge in [-0.25, -0.2) is 9.78 Å². The minimum Gasteiger partial charge on any atom is -0.475 e. The van der Waals surface area contributed by atoms with Gasteiger partial charge < -0.3 is 26.2 Å². The van der Waals surface area contributed by atoms with Crippen molar-refractivity contribution in [2.75, 3.05) is 31.1 Å². The number of primary amides is 1. The largest absolute Gasteiger partial charge is 0.490 e. The maximum Gasteiger partial charge on any atom is 0.490 e. The first-order valence-electron chi connectivity index (χ1n) is 12.2. The van der Waals surface area contributed by atoms with Gasteiger partial charge >= 0.3 is 12.1 Å². The van der Waals surface area contributed by atoms with Crippen LogP contribution in [-0.2, 0) is 20.7 Å². The number of benzene rings is 1. The van der Waals surface area contributed by atoms with Crippen LogP contribution >= 0.6 is 11.8 Å². The molecule has 0 radical (unpaired) electrons. The molecule has 0 saturated carbocycles. The summed E-state index contributed by atoms with van der Waals surface area (Å²) in [5, 5.41) is 26.7. The third kappa shape index (κ3) is 8.58. The zero-order valence-electron chi connectivity index (χ0n) is 21.6. The van der Waals surface area contributed by atoms with Crippen molar-refractivity contribution in [3.8, 4) is 12.1 Å². The van der Waals surface area contributed by atoms with Gasteiger partial charge in [0.2, 0.25) is 5.91 Å². The highest BCUT2D eigenvalue weighted by Gasteiger charge is 2.38. The van der Waals surface area contributed by atoms with Gasteiger partial charge in [-0.05, 0) is 30.4 Å². The number of carboxylic acids is 1. The number of thioether (sulfide) groups is 1. The summed E-state index contributed by atoms with van der Waals surface area (Å²) in [5.41, 5.74) is 13.4. The number of aromatic nitrogens is 1. The summed E-state index contributed by atoms with van der Waals surface area (Å²) in [6.45, 7) is 4.27. The van der Waals surface area contributed by atoms with E-state index in [0.717, 1.165) is 30.2 Å². The lowest BCUT2D eigenvalue weighted by Gasteiger charge is -2.34. The van der Waals surface area contributed by atoms with E-state index in [1.807, 2.05) is 37.3 Å². The lowest BCUT2D eigenvalue weighted by molar-refractivity contribution is -0.192. The van der Waals surface area contributed by atoms with E-state index in [1.54, 1.807) is 0 Å². The van der Waals surface area contributed by atoms with Crippen LogP contribution in [0.3, 0.4) is 0 Å². The summed E-state index contributed by atoms with van der Waals surface area (Å²) in [6.07, 6.45) is -2.86. The van der Waals surface area contributed by atoms with Gasteiger partial charge in [-0.3, -0.25) is 4.79 Å². The van der Waals surface area contributed by atoms with E-state index in [2.05, 4.69) is 17.0 Å². The van der Waals surface area contributed by atoms with Crippen molar-refractivity contribution >= 4 is 29.5 Å². The first-order chi connectivity index (χ1) is 19.0. The number of hydrogen-bond acceptors (Lipinski definition) is 9. The van der Waals surface area contributed by atoms with E-state index in [1.165, 1.54) is 0 Å². The molecule has 1 aliphatic rings. The van der Waals surface area contributed by atoms with Gasteiger partial charge in [-0.1, -0.05) is 49.0 Å². The Morgan fingerprint density at radius 2 is 1.77 bits per heavy atom. The summed E-state index contributed by atoms with van der Waals surface area (Å²) >= 11 is 1.16. The number of alkyl halides is 3. The number of nitrogens with two attached hydrogens (primary N) is 2. The van der Waals surface area contributed by atoms with Crippen molar-refractivity contribution in [2.24, 2.45) is 11.5 Å². The van der Waals surface area contributed by atoms with Crippen molar-refractivity contribution in [3.05, 3.63) is 52.6 Å². The smallest absolute Gasteiger partial charge is 0.475 e. The van der Waals surface area contributed by atoms with Gasteiger partial charge in [-0.15, -0.1) is 0 Å². The lowest BCUT2D eigenvalue weighted by atomic mass is 10.0. The van der Waals surface area contributed by atoms with E-state index in [9.17, 15) is 28.5 Å². The third-order valence-electron chi connectivity index (χ3n) is 5.87. The molecule has 2 heterocycles. The number of halogens is 3. The number of anilines is 1. The lowest BCUT2D eigenvalue weighted by Crippen LogP contribution is -2.38. The number of amides is 1. The molecule has 1 fully saturated rings. The molecule has 10 nitrogen and oxygen atoms in total. The van der Waals surface area contributed by atoms with Crippen molar-refractivity contribution in [1.29, 1.82) is 10.5 Å². The molecule has 0 aliphatic carbocycles. The van der Waals surface area contributed by atoms with Gasteiger partial charge in [0, 0.05) is 19.6 Å². The molecule has 1 amide bonds. The highest BCUT2D eigenvalue weighted by atomic mass is 32.2. The Morgan fingerprint density at radius 1 is 1.20 bits per heavy atom. The van der Waals surface area contributed by atoms with Crippen LogP contribution in [0.5, 0.6) is 0 Å². The first kappa shape index (κ1) is 32.4. The molecule has 214 valence electrons. The van der Waals surface area contributed by atoms with E-state index >= 15 is 0 Å². The number of carbonyl (C=O) groups excluding carboxylic acids is 1. The number of hydrogen-bond donors (Lipinski definition) is 3. The molecule has 40 heavy (non-hydrogen) atoms. The van der Waals surface area contributed by atoms with E-state index in [0.29, 0.717) is 60.2 Å². The molecule has 1 atom stereocenters. The van der Waals surface area contributed by atoms with Gasteiger partial charge in [0.15, 0.2) is 0 Å². The standard InChI is InChI=1S/C24H28N6O2S.C2HF3O2/c1-2-18-19(14-26)23(30-11-8-17(9-12-30)32-13-10-25)29-24(20(18)15-27)33-21(22(28)31)16-6-4-3-5-7-16;3-2(4,5)1(6)7/h3-7,17,21H,2,8-13,25H2,1H3,(H2,28,31);(H,6,7). The van der Waals surface area contributed by atoms with Crippen molar-refractivity contribution in [1.82, 2.24) is 4.98 Å². The number of piperidine rings is 1. The summed E-state index contributed by atoms with van der Waals surface area (Å²) < 4.78 is 37.5. The SMILES string of the molecule is CCc1c(C#N)c(SC(C(N)=O)c2ccccc2)nc(N2CCC(OCCN)CC2)c1C#N.O=C(O)C(F)(F)F. The number of ether oxygens (including phenoxy) is 1. The van der Waals surface area contributed by atoms with Gasteiger partial charge in [0.1, 0.15) is 28.2 Å². The number of nitrogens with zero attached hydrogens (tertiary/aromatic N) is 4. The molecule has 2 aromatic rings. The molecule has 1 aromatic heterocycles. The Morgan fingerprint density at radius 3 is 2.23 bits per heavy atom. The fourth-order valence-corrected chi connectivity index (χ4v) is 5.05. The highest BCUT2D eigenvalue weighted by Crippen LogP contribution is 2.40. The van der Waals surface area contributed by atoms with Crippen LogP contribution in [0, 0.1) is 22.7 Å². The molecule has 1 saturated heterocycles. The molecule has 1 unspecified atom stereocenters. The molecule has 1 aromatic carbocycles. The quantitative estimate of drug-likeness (QED) is 0.374. The summed E-state index contributed by atoms with van der Waals surface area (Å²) in [4.78, 5) is 28.0. The van der Waals surface area contributed by atoms with Crippen molar-refractivity contribution in [2.45, 2.75) is 48.7 Å². The zero-order valence-corrected chi connectivity index (χ0v) is 22.5. The fourth-order valence-electron chi connectivity index (χ4n) is 4.00. The average molecular weight is 579 g/mol. The fraction of sp³-hybridized carbons (Fsp3) is 0.423. The molecule has 3 rings (SSSR count). The molecular formula is C26H29F3N6O4S. The van der Waals surface area contributed by atoms with Gasteiger partial charge in [-0.2, -0.15) is 23.7 Å². The van der Waals surface area contributed by atoms with Crippen LogP contribution in [0.25, 0.3) is 0 Å². The minimum atomic E-state index is -5.08. The van der Waals surface area contributed by atoms with Crippen LogP contribution in [-0.4, -0.2) is 60.5 Å². The molecule has 14 heteroatoms. The second kappa shape index (κ2) is 15.1. The number of carboxylic acid groups (broad SMARTS) is 1. The van der Waals surface area contributed by atoms with Gasteiger partial charge in [0.05, 0.1) is 23.8 Å². The van der Waals surface area contributed by atoms with E-state index in [4.69, 9.17) is 31.1 Å². The minimum absolute atomic E-state index is 0.130. The predicted octanol–water partition coefficient (Wildman–Crippen LogP) is 3.28. The molecule has 1 aliphatic heterocycles. The maximum atomic E-state index is 12.3.